The maximum absolute atomic E-state index is 12.1. The van der Waals surface area contributed by atoms with Crippen LogP contribution >= 0.6 is 0 Å². The van der Waals surface area contributed by atoms with Gasteiger partial charge in [-0.25, -0.2) is 0 Å². The van der Waals surface area contributed by atoms with Crippen LogP contribution in [-0.4, -0.2) is 28.5 Å². The summed E-state index contributed by atoms with van der Waals surface area (Å²) in [5.74, 6) is 0.271. The molecule has 0 aliphatic carbocycles. The smallest absolute Gasteiger partial charge is 0.249 e. The molecule has 0 radical (unpaired) electrons. The number of nitrogens with one attached hydrogen (secondary N) is 2. The first kappa shape index (κ1) is 18.4. The van der Waals surface area contributed by atoms with E-state index in [4.69, 9.17) is 4.52 Å². The van der Waals surface area contributed by atoms with E-state index in [-0.39, 0.29) is 24.3 Å². The summed E-state index contributed by atoms with van der Waals surface area (Å²) in [6.45, 7) is 5.46. The van der Waals surface area contributed by atoms with Gasteiger partial charge in [0.15, 0.2) is 5.82 Å². The van der Waals surface area contributed by atoms with E-state index in [0.717, 1.165) is 5.56 Å². The van der Waals surface area contributed by atoms with Gasteiger partial charge in [-0.05, 0) is 24.5 Å². The van der Waals surface area contributed by atoms with E-state index in [1.165, 1.54) is 6.08 Å². The summed E-state index contributed by atoms with van der Waals surface area (Å²) < 4.78 is 5.13. The van der Waals surface area contributed by atoms with Crippen LogP contribution in [0.4, 0.5) is 0 Å². The minimum Gasteiger partial charge on any atom is -0.343 e. The van der Waals surface area contributed by atoms with Crippen LogP contribution in [0.2, 0.25) is 0 Å². The van der Waals surface area contributed by atoms with E-state index in [2.05, 4.69) is 20.8 Å². The highest BCUT2D eigenvalue weighted by atomic mass is 16.5. The SMILES string of the molecule is Cc1noc(C(NC(=O)CNC(=O)C=Cc2ccccc2)C(C)C)n1. The van der Waals surface area contributed by atoms with E-state index in [0.29, 0.717) is 11.7 Å². The minimum atomic E-state index is -0.398. The van der Waals surface area contributed by atoms with Gasteiger partial charge in [0.2, 0.25) is 17.7 Å². The van der Waals surface area contributed by atoms with Gasteiger partial charge in [0.05, 0.1) is 6.54 Å². The molecule has 0 aliphatic rings. The van der Waals surface area contributed by atoms with Crippen molar-refractivity contribution in [3.8, 4) is 0 Å². The predicted octanol–water partition coefficient (Wildman–Crippen LogP) is 2.02. The Balaban J connectivity index is 1.84. The molecule has 1 aromatic heterocycles. The normalized spacial score (nSPS) is 12.3. The second kappa shape index (κ2) is 8.77. The number of aromatic nitrogens is 2. The van der Waals surface area contributed by atoms with Crippen LogP contribution in [0.1, 0.15) is 37.2 Å². The fourth-order valence-corrected chi connectivity index (χ4v) is 2.14. The van der Waals surface area contributed by atoms with E-state index < -0.39 is 6.04 Å². The monoisotopic (exact) mass is 342 g/mol. The summed E-state index contributed by atoms with van der Waals surface area (Å²) in [5.41, 5.74) is 0.911. The number of aryl methyl sites for hydroxylation is 1. The van der Waals surface area contributed by atoms with Crippen molar-refractivity contribution in [1.82, 2.24) is 20.8 Å². The standard InChI is InChI=1S/C18H22N4O3/c1-12(2)17(18-20-13(3)22-25-18)21-16(24)11-19-15(23)10-9-14-7-5-4-6-8-14/h4-10,12,17H,11H2,1-3H3,(H,19,23)(H,21,24). The molecule has 0 aliphatic heterocycles. The summed E-state index contributed by atoms with van der Waals surface area (Å²) in [6.07, 6.45) is 3.08. The average Bonchev–Trinajstić information content (AvgIpc) is 3.02. The molecule has 1 aromatic carbocycles. The first-order valence-electron chi connectivity index (χ1n) is 8.06. The van der Waals surface area contributed by atoms with Crippen LogP contribution in [0.5, 0.6) is 0 Å². The van der Waals surface area contributed by atoms with Crippen molar-refractivity contribution < 1.29 is 14.1 Å². The van der Waals surface area contributed by atoms with Crippen molar-refractivity contribution in [2.75, 3.05) is 6.54 Å². The van der Waals surface area contributed by atoms with Crippen LogP contribution < -0.4 is 10.6 Å². The molecule has 7 heteroatoms. The lowest BCUT2D eigenvalue weighted by atomic mass is 10.0. The molecule has 0 saturated carbocycles. The topological polar surface area (TPSA) is 97.1 Å². The zero-order valence-corrected chi connectivity index (χ0v) is 14.5. The third-order valence-corrected chi connectivity index (χ3v) is 3.44. The van der Waals surface area contributed by atoms with Gasteiger partial charge in [-0.2, -0.15) is 4.98 Å². The first-order valence-corrected chi connectivity index (χ1v) is 8.06. The number of benzene rings is 1. The predicted molar refractivity (Wildman–Crippen MR) is 93.2 cm³/mol. The van der Waals surface area contributed by atoms with Crippen LogP contribution in [0.15, 0.2) is 40.9 Å². The maximum atomic E-state index is 12.1. The van der Waals surface area contributed by atoms with Crippen LogP contribution in [0.3, 0.4) is 0 Å². The van der Waals surface area contributed by atoms with Crippen molar-refractivity contribution in [3.63, 3.8) is 0 Å². The number of nitrogens with zero attached hydrogens (tertiary/aromatic N) is 2. The largest absolute Gasteiger partial charge is 0.343 e. The van der Waals surface area contributed by atoms with Crippen LogP contribution in [0.25, 0.3) is 6.08 Å². The van der Waals surface area contributed by atoms with Crippen LogP contribution in [0, 0.1) is 12.8 Å². The third-order valence-electron chi connectivity index (χ3n) is 3.44. The molecule has 132 valence electrons. The molecule has 0 saturated heterocycles. The molecule has 0 spiro atoms. The van der Waals surface area contributed by atoms with Gasteiger partial charge < -0.3 is 15.2 Å². The number of carbonyl (C=O) groups excluding carboxylic acids is 2. The summed E-state index contributed by atoms with van der Waals surface area (Å²) in [7, 11) is 0. The lowest BCUT2D eigenvalue weighted by Gasteiger charge is -2.18. The summed E-state index contributed by atoms with van der Waals surface area (Å²) in [4.78, 5) is 28.0. The van der Waals surface area contributed by atoms with Gasteiger partial charge in [0.25, 0.3) is 0 Å². The first-order chi connectivity index (χ1) is 12.0. The number of amides is 2. The Morgan fingerprint density at radius 3 is 2.56 bits per heavy atom. The second-order valence-electron chi connectivity index (χ2n) is 5.93. The lowest BCUT2D eigenvalue weighted by Crippen LogP contribution is -2.39. The van der Waals surface area contributed by atoms with Gasteiger partial charge in [0, 0.05) is 6.08 Å². The Kier molecular flexibility index (Phi) is 6.45. The molecular weight excluding hydrogens is 320 g/mol. The Bertz CT molecular complexity index is 738. The average molecular weight is 342 g/mol. The lowest BCUT2D eigenvalue weighted by molar-refractivity contribution is -0.124. The molecule has 0 fully saturated rings. The zero-order valence-electron chi connectivity index (χ0n) is 14.5. The Morgan fingerprint density at radius 2 is 1.96 bits per heavy atom. The van der Waals surface area contributed by atoms with Crippen molar-refractivity contribution in [1.29, 1.82) is 0 Å². The molecule has 7 nitrogen and oxygen atoms in total. The van der Waals surface area contributed by atoms with Gasteiger partial charge in [0.1, 0.15) is 6.04 Å². The quantitative estimate of drug-likeness (QED) is 0.750. The summed E-state index contributed by atoms with van der Waals surface area (Å²) in [6, 6.07) is 9.04. The van der Waals surface area contributed by atoms with Gasteiger partial charge >= 0.3 is 0 Å². The van der Waals surface area contributed by atoms with Crippen molar-refractivity contribution in [2.45, 2.75) is 26.8 Å². The van der Waals surface area contributed by atoms with Crippen LogP contribution in [-0.2, 0) is 9.59 Å². The highest BCUT2D eigenvalue weighted by Crippen LogP contribution is 2.19. The fraction of sp³-hybridized carbons (Fsp3) is 0.333. The highest BCUT2D eigenvalue weighted by molar-refractivity contribution is 5.94. The van der Waals surface area contributed by atoms with E-state index in [1.807, 2.05) is 44.2 Å². The van der Waals surface area contributed by atoms with E-state index in [9.17, 15) is 9.59 Å². The Morgan fingerprint density at radius 1 is 1.24 bits per heavy atom. The van der Waals surface area contributed by atoms with Crippen molar-refractivity contribution in [3.05, 3.63) is 53.7 Å². The Hall–Kier alpha value is -2.96. The molecule has 1 heterocycles. The molecule has 1 atom stereocenters. The zero-order chi connectivity index (χ0) is 18.2. The maximum Gasteiger partial charge on any atom is 0.249 e. The second-order valence-corrected chi connectivity index (χ2v) is 5.93. The van der Waals surface area contributed by atoms with Crippen molar-refractivity contribution in [2.24, 2.45) is 5.92 Å². The Labute approximate surface area is 146 Å². The number of hydrogen-bond acceptors (Lipinski definition) is 5. The molecule has 2 amide bonds. The number of carbonyl (C=O) groups is 2. The molecule has 0 bridgehead atoms. The molecule has 2 rings (SSSR count). The fourth-order valence-electron chi connectivity index (χ4n) is 2.14. The summed E-state index contributed by atoms with van der Waals surface area (Å²) in [5, 5.41) is 9.09. The van der Waals surface area contributed by atoms with Gasteiger partial charge in [-0.15, -0.1) is 0 Å². The third kappa shape index (κ3) is 5.87. The number of hydrogen-bond donors (Lipinski definition) is 2. The van der Waals surface area contributed by atoms with Crippen molar-refractivity contribution >= 4 is 17.9 Å². The van der Waals surface area contributed by atoms with E-state index >= 15 is 0 Å². The molecule has 2 aromatic rings. The molecule has 1 unspecified atom stereocenters. The summed E-state index contributed by atoms with van der Waals surface area (Å²) >= 11 is 0. The number of rotatable bonds is 7. The van der Waals surface area contributed by atoms with Gasteiger partial charge in [-0.1, -0.05) is 49.3 Å². The minimum absolute atomic E-state index is 0.0671. The molecular formula is C18H22N4O3. The van der Waals surface area contributed by atoms with Gasteiger partial charge in [-0.3, -0.25) is 9.59 Å². The highest BCUT2D eigenvalue weighted by Gasteiger charge is 2.23. The van der Waals surface area contributed by atoms with E-state index in [1.54, 1.807) is 13.0 Å². The molecule has 25 heavy (non-hydrogen) atoms. The molecule has 2 N–H and O–H groups in total.